The molecule has 0 aromatic carbocycles. The standard InChI is InChI=1S/C15H15ClN2O8S/c16-9-5-8(6-18-10(9)7-1-3-17-4-2-7)25-14-12(20)11(19)13(21)15(26-14)27(22,23)24/h1-6,11-15,19-21H,(H,22,23,24)/t11-,12-,13+,14-,15?/m1/s1. The van der Waals surface area contributed by atoms with Gasteiger partial charge in [-0.3, -0.25) is 14.5 Å². The highest BCUT2D eigenvalue weighted by molar-refractivity contribution is 7.86. The van der Waals surface area contributed by atoms with E-state index >= 15 is 0 Å². The Kier molecular flexibility index (Phi) is 5.63. The third-order valence-corrected chi connectivity index (χ3v) is 5.11. The number of aliphatic hydroxyl groups is 3. The summed E-state index contributed by atoms with van der Waals surface area (Å²) in [5, 5.41) is 29.6. The van der Waals surface area contributed by atoms with Crippen LogP contribution >= 0.6 is 11.6 Å². The minimum Gasteiger partial charge on any atom is -0.460 e. The number of hydrogen-bond donors (Lipinski definition) is 4. The SMILES string of the molecule is O=S(=O)(O)C1O[C@@H](Oc2cnc(-c3ccncc3)c(Cl)c2)[C@H](O)[C@@H](O)[C@@H]1O. The first-order chi connectivity index (χ1) is 12.7. The summed E-state index contributed by atoms with van der Waals surface area (Å²) in [6, 6.07) is 4.73. The molecule has 1 saturated heterocycles. The van der Waals surface area contributed by atoms with E-state index in [1.807, 2.05) is 0 Å². The third kappa shape index (κ3) is 4.19. The Balaban J connectivity index is 1.83. The second kappa shape index (κ2) is 7.64. The Morgan fingerprint density at radius 1 is 1.11 bits per heavy atom. The first-order valence-electron chi connectivity index (χ1n) is 7.57. The summed E-state index contributed by atoms with van der Waals surface area (Å²) < 4.78 is 41.9. The van der Waals surface area contributed by atoms with Crippen LogP contribution in [0.2, 0.25) is 5.02 Å². The van der Waals surface area contributed by atoms with Gasteiger partial charge in [-0.25, -0.2) is 0 Å². The topological polar surface area (TPSA) is 159 Å². The molecule has 3 heterocycles. The van der Waals surface area contributed by atoms with E-state index in [2.05, 4.69) is 9.97 Å². The highest BCUT2D eigenvalue weighted by Crippen LogP contribution is 2.31. The largest absolute Gasteiger partial charge is 0.460 e. The maximum Gasteiger partial charge on any atom is 0.295 e. The summed E-state index contributed by atoms with van der Waals surface area (Å²) in [5.41, 5.74) is -1.07. The molecule has 0 radical (unpaired) electrons. The van der Waals surface area contributed by atoms with Crippen LogP contribution in [-0.2, 0) is 14.9 Å². The number of rotatable bonds is 4. The van der Waals surface area contributed by atoms with Crippen LogP contribution in [0.3, 0.4) is 0 Å². The molecule has 0 aliphatic carbocycles. The number of halogens is 1. The molecule has 146 valence electrons. The molecule has 27 heavy (non-hydrogen) atoms. The molecule has 10 nitrogen and oxygen atoms in total. The molecule has 2 aromatic heterocycles. The number of hydrogen-bond acceptors (Lipinski definition) is 9. The van der Waals surface area contributed by atoms with Gasteiger partial charge < -0.3 is 24.8 Å². The fourth-order valence-electron chi connectivity index (χ4n) is 2.50. The van der Waals surface area contributed by atoms with E-state index in [9.17, 15) is 23.7 Å². The third-order valence-electron chi connectivity index (χ3n) is 3.84. The molecule has 1 unspecified atom stereocenters. The van der Waals surface area contributed by atoms with E-state index < -0.39 is 40.2 Å². The predicted molar refractivity (Wildman–Crippen MR) is 91.3 cm³/mol. The highest BCUT2D eigenvalue weighted by Gasteiger charge is 2.50. The minimum atomic E-state index is -4.88. The number of aliphatic hydroxyl groups excluding tert-OH is 3. The van der Waals surface area contributed by atoms with E-state index in [4.69, 9.17) is 25.6 Å². The summed E-state index contributed by atoms with van der Waals surface area (Å²) in [6.45, 7) is 0. The molecule has 0 spiro atoms. The monoisotopic (exact) mass is 418 g/mol. The molecule has 4 N–H and O–H groups in total. The summed E-state index contributed by atoms with van der Waals surface area (Å²) in [4.78, 5) is 8.03. The van der Waals surface area contributed by atoms with Gasteiger partial charge in [0.15, 0.2) is 0 Å². The van der Waals surface area contributed by atoms with Gasteiger partial charge in [-0.05, 0) is 12.1 Å². The number of pyridine rings is 2. The van der Waals surface area contributed by atoms with Crippen LogP contribution in [-0.4, -0.2) is 68.3 Å². The number of nitrogens with zero attached hydrogens (tertiary/aromatic N) is 2. The Hall–Kier alpha value is -1.86. The van der Waals surface area contributed by atoms with Crippen molar-refractivity contribution in [1.29, 1.82) is 0 Å². The fraction of sp³-hybridized carbons (Fsp3) is 0.333. The molecular formula is C15H15ClN2O8S. The van der Waals surface area contributed by atoms with Crippen molar-refractivity contribution in [1.82, 2.24) is 9.97 Å². The molecule has 2 aromatic rings. The smallest absolute Gasteiger partial charge is 0.295 e. The summed E-state index contributed by atoms with van der Waals surface area (Å²) in [7, 11) is -4.88. The summed E-state index contributed by atoms with van der Waals surface area (Å²) in [6.07, 6.45) is -3.13. The Bertz CT molecular complexity index is 913. The van der Waals surface area contributed by atoms with Crippen molar-refractivity contribution >= 4 is 21.7 Å². The van der Waals surface area contributed by atoms with Gasteiger partial charge in [0.2, 0.25) is 11.7 Å². The van der Waals surface area contributed by atoms with Crippen LogP contribution in [0.5, 0.6) is 5.75 Å². The van der Waals surface area contributed by atoms with Gasteiger partial charge in [0.1, 0.15) is 24.1 Å². The lowest BCUT2D eigenvalue weighted by atomic mass is 10.1. The zero-order valence-electron chi connectivity index (χ0n) is 13.5. The minimum absolute atomic E-state index is 0.000432. The maximum absolute atomic E-state index is 11.3. The lowest BCUT2D eigenvalue weighted by Crippen LogP contribution is -2.61. The quantitative estimate of drug-likeness (QED) is 0.491. The van der Waals surface area contributed by atoms with Crippen molar-refractivity contribution in [3.8, 4) is 17.0 Å². The van der Waals surface area contributed by atoms with Crippen molar-refractivity contribution in [3.05, 3.63) is 41.8 Å². The van der Waals surface area contributed by atoms with Gasteiger partial charge >= 0.3 is 0 Å². The van der Waals surface area contributed by atoms with Crippen molar-refractivity contribution in [2.45, 2.75) is 30.0 Å². The van der Waals surface area contributed by atoms with Crippen LogP contribution in [0.15, 0.2) is 36.8 Å². The van der Waals surface area contributed by atoms with E-state index in [1.54, 1.807) is 24.5 Å². The van der Waals surface area contributed by atoms with Crippen LogP contribution in [0.25, 0.3) is 11.3 Å². The average Bonchev–Trinajstić information content (AvgIpc) is 2.62. The Labute approximate surface area is 158 Å². The zero-order valence-corrected chi connectivity index (χ0v) is 15.0. The van der Waals surface area contributed by atoms with Crippen molar-refractivity contribution in [2.24, 2.45) is 0 Å². The van der Waals surface area contributed by atoms with Crippen molar-refractivity contribution < 1.29 is 37.8 Å². The van der Waals surface area contributed by atoms with Crippen LogP contribution in [0, 0.1) is 0 Å². The van der Waals surface area contributed by atoms with Gasteiger partial charge in [0.05, 0.1) is 16.9 Å². The first kappa shape index (κ1) is 19.9. The van der Waals surface area contributed by atoms with Crippen molar-refractivity contribution in [3.63, 3.8) is 0 Å². The lowest BCUT2D eigenvalue weighted by Gasteiger charge is -2.38. The second-order valence-corrected chi connectivity index (χ2v) is 7.62. The molecular weight excluding hydrogens is 404 g/mol. The lowest BCUT2D eigenvalue weighted by molar-refractivity contribution is -0.254. The molecule has 1 aliphatic rings. The molecule has 0 amide bonds. The summed E-state index contributed by atoms with van der Waals surface area (Å²) in [5.74, 6) is -0.000432. The van der Waals surface area contributed by atoms with E-state index in [0.717, 1.165) is 0 Å². The normalized spacial score (nSPS) is 28.7. The summed E-state index contributed by atoms with van der Waals surface area (Å²) >= 11 is 6.18. The van der Waals surface area contributed by atoms with Gasteiger partial charge in [0, 0.05) is 24.0 Å². The van der Waals surface area contributed by atoms with Gasteiger partial charge in [-0.1, -0.05) is 11.6 Å². The van der Waals surface area contributed by atoms with Crippen LogP contribution in [0.1, 0.15) is 0 Å². The molecule has 0 saturated carbocycles. The molecule has 3 rings (SSSR count). The molecule has 5 atom stereocenters. The first-order valence-corrected chi connectivity index (χ1v) is 9.45. The van der Waals surface area contributed by atoms with Gasteiger partial charge in [0.25, 0.3) is 10.1 Å². The van der Waals surface area contributed by atoms with E-state index in [-0.39, 0.29) is 10.8 Å². The fourth-order valence-corrected chi connectivity index (χ4v) is 3.53. The zero-order chi connectivity index (χ0) is 19.8. The maximum atomic E-state index is 11.3. The molecule has 1 aliphatic heterocycles. The number of ether oxygens (including phenoxy) is 2. The van der Waals surface area contributed by atoms with Crippen LogP contribution in [0.4, 0.5) is 0 Å². The molecule has 1 fully saturated rings. The second-order valence-electron chi connectivity index (χ2n) is 5.71. The van der Waals surface area contributed by atoms with Crippen molar-refractivity contribution in [2.75, 3.05) is 0 Å². The molecule has 12 heteroatoms. The molecule has 0 bridgehead atoms. The van der Waals surface area contributed by atoms with E-state index in [0.29, 0.717) is 11.3 Å². The average molecular weight is 419 g/mol. The van der Waals surface area contributed by atoms with E-state index in [1.165, 1.54) is 12.3 Å². The predicted octanol–water partition coefficient (Wildman–Crippen LogP) is -0.171. The van der Waals surface area contributed by atoms with Gasteiger partial charge in [-0.2, -0.15) is 8.42 Å². The Morgan fingerprint density at radius 3 is 2.37 bits per heavy atom. The Morgan fingerprint density at radius 2 is 1.78 bits per heavy atom. The van der Waals surface area contributed by atoms with Gasteiger partial charge in [-0.15, -0.1) is 0 Å². The van der Waals surface area contributed by atoms with Crippen LogP contribution < -0.4 is 4.74 Å². The number of aromatic nitrogens is 2. The highest BCUT2D eigenvalue weighted by atomic mass is 35.5.